The molecule has 86 valence electrons. The number of hydrogen-bond donors (Lipinski definition) is 2. The van der Waals surface area contributed by atoms with Gasteiger partial charge in [0.1, 0.15) is 0 Å². The first-order valence-corrected chi connectivity index (χ1v) is 5.04. The second-order valence-electron chi connectivity index (χ2n) is 3.68. The molecule has 4 nitrogen and oxygen atoms in total. The monoisotopic (exact) mass is 253 g/mol. The SMILES string of the molecule is O=C(O)C(C(=O)O)c1cccc2ccccc12.[Na+]. The first-order chi connectivity index (χ1) is 8.11. The zero-order chi connectivity index (χ0) is 12.4. The zero-order valence-corrected chi connectivity index (χ0v) is 11.8. The topological polar surface area (TPSA) is 74.6 Å². The summed E-state index contributed by atoms with van der Waals surface area (Å²) in [5.74, 6) is -4.23. The van der Waals surface area contributed by atoms with Gasteiger partial charge in [-0.15, -0.1) is 0 Å². The number of benzene rings is 2. The minimum absolute atomic E-state index is 0. The minimum Gasteiger partial charge on any atom is -0.480 e. The minimum atomic E-state index is -1.53. The van der Waals surface area contributed by atoms with Crippen LogP contribution in [0.3, 0.4) is 0 Å². The molecule has 0 aliphatic rings. The van der Waals surface area contributed by atoms with E-state index in [0.29, 0.717) is 10.9 Å². The summed E-state index contributed by atoms with van der Waals surface area (Å²) in [7, 11) is 0. The summed E-state index contributed by atoms with van der Waals surface area (Å²) >= 11 is 0. The molecule has 0 radical (unpaired) electrons. The molecule has 2 N–H and O–H groups in total. The molecular formula is C13H10NaO4+. The Morgan fingerprint density at radius 3 is 2.06 bits per heavy atom. The summed E-state index contributed by atoms with van der Waals surface area (Å²) < 4.78 is 0. The van der Waals surface area contributed by atoms with Gasteiger partial charge in [0.25, 0.3) is 0 Å². The molecule has 0 unspecified atom stereocenters. The van der Waals surface area contributed by atoms with Gasteiger partial charge in [-0.05, 0) is 16.3 Å². The quantitative estimate of drug-likeness (QED) is 0.549. The Morgan fingerprint density at radius 2 is 1.44 bits per heavy atom. The first kappa shape index (κ1) is 14.7. The van der Waals surface area contributed by atoms with E-state index < -0.39 is 17.9 Å². The fraction of sp³-hybridized carbons (Fsp3) is 0.0769. The van der Waals surface area contributed by atoms with Crippen molar-refractivity contribution in [3.63, 3.8) is 0 Å². The molecule has 2 aromatic carbocycles. The number of aliphatic carboxylic acids is 2. The van der Waals surface area contributed by atoms with Gasteiger partial charge >= 0.3 is 41.5 Å². The molecule has 0 aliphatic heterocycles. The smallest absolute Gasteiger partial charge is 0.480 e. The standard InChI is InChI=1S/C13H10O4.Na/c14-12(15)11(13(16)17)10-7-3-5-8-4-1-2-6-9(8)10;/h1-7,11H,(H,14,15)(H,16,17);/q;+1. The van der Waals surface area contributed by atoms with Crippen LogP contribution in [0.5, 0.6) is 0 Å². The molecule has 0 aromatic heterocycles. The van der Waals surface area contributed by atoms with E-state index in [-0.39, 0.29) is 29.6 Å². The van der Waals surface area contributed by atoms with E-state index in [9.17, 15) is 9.59 Å². The third-order valence-corrected chi connectivity index (χ3v) is 2.63. The van der Waals surface area contributed by atoms with Gasteiger partial charge in [-0.25, -0.2) is 0 Å². The van der Waals surface area contributed by atoms with Crippen LogP contribution in [0.25, 0.3) is 10.8 Å². The largest absolute Gasteiger partial charge is 1.00 e. The van der Waals surface area contributed by atoms with Gasteiger partial charge in [-0.1, -0.05) is 42.5 Å². The second kappa shape index (κ2) is 6.00. The Labute approximate surface area is 126 Å². The van der Waals surface area contributed by atoms with Crippen molar-refractivity contribution in [1.82, 2.24) is 0 Å². The molecule has 0 amide bonds. The van der Waals surface area contributed by atoms with Crippen LogP contribution in [0, 0.1) is 0 Å². The number of rotatable bonds is 3. The van der Waals surface area contributed by atoms with Crippen molar-refractivity contribution < 1.29 is 49.4 Å². The Kier molecular flexibility index (Phi) is 4.90. The fourth-order valence-electron chi connectivity index (χ4n) is 1.87. The first-order valence-electron chi connectivity index (χ1n) is 5.04. The molecule has 18 heavy (non-hydrogen) atoms. The molecule has 2 rings (SSSR count). The molecule has 0 fully saturated rings. The van der Waals surface area contributed by atoms with E-state index >= 15 is 0 Å². The van der Waals surface area contributed by atoms with Crippen LogP contribution in [-0.2, 0) is 9.59 Å². The van der Waals surface area contributed by atoms with Crippen LogP contribution >= 0.6 is 0 Å². The Bertz CT molecular complexity index is 575. The molecule has 0 spiro atoms. The van der Waals surface area contributed by atoms with E-state index in [1.807, 2.05) is 18.2 Å². The summed E-state index contributed by atoms with van der Waals surface area (Å²) in [6.07, 6.45) is 0. The van der Waals surface area contributed by atoms with Gasteiger partial charge in [-0.2, -0.15) is 0 Å². The average molecular weight is 253 g/mol. The van der Waals surface area contributed by atoms with Crippen molar-refractivity contribution in [2.75, 3.05) is 0 Å². The molecule has 5 heteroatoms. The number of fused-ring (bicyclic) bond motifs is 1. The summed E-state index contributed by atoms with van der Waals surface area (Å²) in [6.45, 7) is 0. The van der Waals surface area contributed by atoms with Crippen molar-refractivity contribution >= 4 is 22.7 Å². The van der Waals surface area contributed by atoms with E-state index in [1.54, 1.807) is 18.2 Å². The molecule has 0 saturated carbocycles. The Morgan fingerprint density at radius 1 is 0.889 bits per heavy atom. The summed E-state index contributed by atoms with van der Waals surface area (Å²) in [5, 5.41) is 19.4. The van der Waals surface area contributed by atoms with Crippen molar-refractivity contribution in [3.8, 4) is 0 Å². The molecule has 0 atom stereocenters. The van der Waals surface area contributed by atoms with Crippen LogP contribution in [0.15, 0.2) is 42.5 Å². The second-order valence-corrected chi connectivity index (χ2v) is 3.68. The predicted octanol–water partition coefficient (Wildman–Crippen LogP) is -0.903. The van der Waals surface area contributed by atoms with Crippen LogP contribution in [0.1, 0.15) is 11.5 Å². The summed E-state index contributed by atoms with van der Waals surface area (Å²) in [4.78, 5) is 22.0. The van der Waals surface area contributed by atoms with Crippen LogP contribution in [0.2, 0.25) is 0 Å². The van der Waals surface area contributed by atoms with Gasteiger partial charge in [-0.3, -0.25) is 9.59 Å². The van der Waals surface area contributed by atoms with E-state index in [0.717, 1.165) is 5.39 Å². The maximum Gasteiger partial charge on any atom is 1.00 e. The van der Waals surface area contributed by atoms with Crippen molar-refractivity contribution in [2.24, 2.45) is 0 Å². The number of hydrogen-bond acceptors (Lipinski definition) is 2. The van der Waals surface area contributed by atoms with Crippen molar-refractivity contribution in [3.05, 3.63) is 48.0 Å². The molecule has 0 bridgehead atoms. The van der Waals surface area contributed by atoms with E-state index in [1.165, 1.54) is 6.07 Å². The van der Waals surface area contributed by atoms with Gasteiger partial charge in [0.2, 0.25) is 0 Å². The third kappa shape index (κ3) is 2.72. The van der Waals surface area contributed by atoms with Crippen LogP contribution in [-0.4, -0.2) is 22.2 Å². The molecular weight excluding hydrogens is 243 g/mol. The third-order valence-electron chi connectivity index (χ3n) is 2.63. The number of carboxylic acid groups (broad SMARTS) is 2. The Balaban J connectivity index is 0.00000162. The normalized spacial score (nSPS) is 10.1. The zero-order valence-electron chi connectivity index (χ0n) is 9.83. The van der Waals surface area contributed by atoms with Gasteiger partial charge < -0.3 is 10.2 Å². The summed E-state index contributed by atoms with van der Waals surface area (Å²) in [6, 6.07) is 12.1. The van der Waals surface area contributed by atoms with Gasteiger partial charge in [0.05, 0.1) is 0 Å². The number of carbonyl (C=O) groups is 2. The van der Waals surface area contributed by atoms with Crippen LogP contribution in [0.4, 0.5) is 0 Å². The van der Waals surface area contributed by atoms with Crippen LogP contribution < -0.4 is 29.6 Å². The number of carboxylic acids is 2. The van der Waals surface area contributed by atoms with Gasteiger partial charge in [0, 0.05) is 0 Å². The van der Waals surface area contributed by atoms with E-state index in [2.05, 4.69) is 0 Å². The van der Waals surface area contributed by atoms with Gasteiger partial charge in [0.15, 0.2) is 5.92 Å². The maximum absolute atomic E-state index is 11.0. The molecule has 0 heterocycles. The van der Waals surface area contributed by atoms with E-state index in [4.69, 9.17) is 10.2 Å². The average Bonchev–Trinajstić information content (AvgIpc) is 2.28. The summed E-state index contributed by atoms with van der Waals surface area (Å²) in [5.41, 5.74) is 0.308. The molecule has 0 aliphatic carbocycles. The fourth-order valence-corrected chi connectivity index (χ4v) is 1.87. The molecule has 2 aromatic rings. The predicted molar refractivity (Wildman–Crippen MR) is 62.0 cm³/mol. The Hall–Kier alpha value is -1.36. The maximum atomic E-state index is 11.0. The van der Waals surface area contributed by atoms with Crippen molar-refractivity contribution in [2.45, 2.75) is 5.92 Å². The van der Waals surface area contributed by atoms with Crippen molar-refractivity contribution in [1.29, 1.82) is 0 Å². The molecule has 0 saturated heterocycles.